The molecule has 0 saturated carbocycles. The van der Waals surface area contributed by atoms with Crippen LogP contribution in [0.1, 0.15) is 5.56 Å². The number of nitrogens with one attached hydrogen (secondary N) is 1. The van der Waals surface area contributed by atoms with Gasteiger partial charge >= 0.3 is 0 Å². The number of nitrogens with zero attached hydrogens (tertiary/aromatic N) is 1. The van der Waals surface area contributed by atoms with E-state index in [4.69, 9.17) is 0 Å². The Labute approximate surface area is 119 Å². The van der Waals surface area contributed by atoms with Gasteiger partial charge in [-0.15, -0.1) is 0 Å². The van der Waals surface area contributed by atoms with Crippen LogP contribution in [0.25, 0.3) is 22.5 Å². The molecule has 3 aromatic rings. The van der Waals surface area contributed by atoms with Gasteiger partial charge in [0.15, 0.2) is 0 Å². The summed E-state index contributed by atoms with van der Waals surface area (Å²) >= 11 is 1.53. The van der Waals surface area contributed by atoms with E-state index in [-0.39, 0.29) is 17.0 Å². The van der Waals surface area contributed by atoms with Gasteiger partial charge in [-0.3, -0.25) is 4.79 Å². The van der Waals surface area contributed by atoms with Crippen LogP contribution in [0.2, 0.25) is 0 Å². The van der Waals surface area contributed by atoms with E-state index in [1.807, 2.05) is 35.9 Å². The maximum atomic E-state index is 12.2. The monoisotopic (exact) mass is 284 g/mol. The highest BCUT2D eigenvalue weighted by Crippen LogP contribution is 2.28. The Bertz CT molecular complexity index is 806. The fourth-order valence-corrected chi connectivity index (χ4v) is 2.89. The van der Waals surface area contributed by atoms with Crippen LogP contribution in [0.4, 0.5) is 0 Å². The van der Waals surface area contributed by atoms with Crippen LogP contribution in [-0.4, -0.2) is 15.1 Å². The van der Waals surface area contributed by atoms with Gasteiger partial charge < -0.3 is 10.1 Å². The number of rotatable bonds is 2. The highest BCUT2D eigenvalue weighted by atomic mass is 32.1. The molecular formula is C15H12N2O2S. The average Bonchev–Trinajstić information content (AvgIpc) is 2.85. The summed E-state index contributed by atoms with van der Waals surface area (Å²) in [6.07, 6.45) is 0. The summed E-state index contributed by atoms with van der Waals surface area (Å²) < 4.78 is 0. The summed E-state index contributed by atoms with van der Waals surface area (Å²) in [6, 6.07) is 9.00. The molecule has 0 unspecified atom stereocenters. The largest absolute Gasteiger partial charge is 0.493 e. The number of hydrogen-bond donors (Lipinski definition) is 2. The Morgan fingerprint density at radius 3 is 2.55 bits per heavy atom. The van der Waals surface area contributed by atoms with E-state index in [9.17, 15) is 9.90 Å². The summed E-state index contributed by atoms with van der Waals surface area (Å²) in [7, 11) is 0. The zero-order valence-corrected chi connectivity index (χ0v) is 11.6. The first-order valence-electron chi connectivity index (χ1n) is 6.08. The molecule has 100 valence electrons. The lowest BCUT2D eigenvalue weighted by Crippen LogP contribution is -2.12. The van der Waals surface area contributed by atoms with Crippen molar-refractivity contribution in [1.29, 1.82) is 0 Å². The van der Waals surface area contributed by atoms with Crippen molar-refractivity contribution in [3.05, 3.63) is 57.0 Å². The fourth-order valence-electron chi connectivity index (χ4n) is 2.06. The number of aromatic hydroxyl groups is 1. The Balaban J connectivity index is 2.18. The summed E-state index contributed by atoms with van der Waals surface area (Å²) in [5.41, 5.74) is 2.35. The van der Waals surface area contributed by atoms with Crippen molar-refractivity contribution in [2.24, 2.45) is 0 Å². The van der Waals surface area contributed by atoms with Gasteiger partial charge in [0.25, 0.3) is 5.56 Å². The molecule has 0 aliphatic carbocycles. The molecule has 2 heterocycles. The minimum absolute atomic E-state index is 0.197. The van der Waals surface area contributed by atoms with E-state index < -0.39 is 0 Å². The molecule has 0 saturated heterocycles. The molecule has 2 N–H and O–H groups in total. The van der Waals surface area contributed by atoms with Crippen LogP contribution in [-0.2, 0) is 0 Å². The third-order valence-electron chi connectivity index (χ3n) is 3.07. The van der Waals surface area contributed by atoms with Crippen LogP contribution >= 0.6 is 11.3 Å². The number of aryl methyl sites for hydroxylation is 1. The van der Waals surface area contributed by atoms with Crippen molar-refractivity contribution in [2.45, 2.75) is 6.92 Å². The third-order valence-corrected chi connectivity index (χ3v) is 3.93. The van der Waals surface area contributed by atoms with E-state index in [2.05, 4.69) is 9.97 Å². The quantitative estimate of drug-likeness (QED) is 0.759. The Morgan fingerprint density at radius 1 is 1.20 bits per heavy atom. The smallest absolute Gasteiger partial charge is 0.262 e. The van der Waals surface area contributed by atoms with E-state index >= 15 is 0 Å². The van der Waals surface area contributed by atoms with E-state index in [0.717, 1.165) is 11.1 Å². The summed E-state index contributed by atoms with van der Waals surface area (Å²) in [6.45, 7) is 1.94. The van der Waals surface area contributed by atoms with Crippen molar-refractivity contribution in [3.8, 4) is 28.4 Å². The first-order valence-corrected chi connectivity index (χ1v) is 7.03. The lowest BCUT2D eigenvalue weighted by atomic mass is 10.1. The van der Waals surface area contributed by atoms with Crippen LogP contribution in [0.5, 0.6) is 5.88 Å². The molecule has 2 aromatic heterocycles. The molecule has 0 bridgehead atoms. The van der Waals surface area contributed by atoms with Crippen molar-refractivity contribution in [1.82, 2.24) is 9.97 Å². The molecule has 0 atom stereocenters. The van der Waals surface area contributed by atoms with Crippen LogP contribution < -0.4 is 5.56 Å². The number of hydrogen-bond acceptors (Lipinski definition) is 4. The van der Waals surface area contributed by atoms with E-state index in [0.29, 0.717) is 11.4 Å². The highest BCUT2D eigenvalue weighted by molar-refractivity contribution is 7.08. The fraction of sp³-hybridized carbons (Fsp3) is 0.0667. The normalized spacial score (nSPS) is 10.7. The van der Waals surface area contributed by atoms with Gasteiger partial charge in [-0.25, -0.2) is 0 Å². The second kappa shape index (κ2) is 4.94. The maximum absolute atomic E-state index is 12.2. The van der Waals surface area contributed by atoms with Gasteiger partial charge in [0.05, 0.1) is 0 Å². The van der Waals surface area contributed by atoms with Crippen LogP contribution in [0, 0.1) is 6.92 Å². The third kappa shape index (κ3) is 2.12. The molecule has 5 heteroatoms. The van der Waals surface area contributed by atoms with Crippen molar-refractivity contribution < 1.29 is 5.11 Å². The predicted molar refractivity (Wildman–Crippen MR) is 80.0 cm³/mol. The number of aromatic nitrogens is 2. The standard InChI is InChI=1S/C15H12N2O2S/c1-9-7-20-8-11(9)13-16-14(18)12(15(19)17-13)10-5-3-2-4-6-10/h2-8H,1H3,(H2,16,17,18,19). The lowest BCUT2D eigenvalue weighted by Gasteiger charge is -2.06. The maximum Gasteiger partial charge on any atom is 0.262 e. The lowest BCUT2D eigenvalue weighted by molar-refractivity contribution is 0.454. The minimum atomic E-state index is -0.343. The Hall–Kier alpha value is -2.40. The molecule has 0 amide bonds. The Kier molecular flexibility index (Phi) is 3.12. The first kappa shape index (κ1) is 12.6. The molecule has 0 spiro atoms. The molecule has 4 nitrogen and oxygen atoms in total. The van der Waals surface area contributed by atoms with Gasteiger partial charge in [0, 0.05) is 10.9 Å². The molecule has 0 radical (unpaired) electrons. The van der Waals surface area contributed by atoms with Gasteiger partial charge in [-0.1, -0.05) is 30.3 Å². The highest BCUT2D eigenvalue weighted by Gasteiger charge is 2.14. The summed E-state index contributed by atoms with van der Waals surface area (Å²) in [5.74, 6) is 0.145. The second-order valence-corrected chi connectivity index (χ2v) is 5.19. The molecule has 0 aliphatic rings. The predicted octanol–water partition coefficient (Wildman–Crippen LogP) is 3.18. The summed E-state index contributed by atoms with van der Waals surface area (Å²) in [5, 5.41) is 14.0. The SMILES string of the molecule is Cc1cscc1-c1nc(O)c(-c2ccccc2)c(=O)[nH]1. The van der Waals surface area contributed by atoms with Gasteiger partial charge in [0.1, 0.15) is 11.4 Å². The number of H-pyrrole nitrogens is 1. The first-order chi connectivity index (χ1) is 9.66. The van der Waals surface area contributed by atoms with Crippen LogP contribution in [0.15, 0.2) is 45.9 Å². The number of benzene rings is 1. The zero-order valence-electron chi connectivity index (χ0n) is 10.8. The molecule has 0 fully saturated rings. The van der Waals surface area contributed by atoms with Gasteiger partial charge in [-0.2, -0.15) is 16.3 Å². The van der Waals surface area contributed by atoms with Crippen molar-refractivity contribution in [2.75, 3.05) is 0 Å². The zero-order chi connectivity index (χ0) is 14.1. The molecule has 1 aromatic carbocycles. The molecule has 3 rings (SSSR count). The van der Waals surface area contributed by atoms with E-state index in [1.165, 1.54) is 11.3 Å². The van der Waals surface area contributed by atoms with Gasteiger partial charge in [0.2, 0.25) is 5.88 Å². The van der Waals surface area contributed by atoms with Crippen LogP contribution in [0.3, 0.4) is 0 Å². The molecule has 0 aliphatic heterocycles. The Morgan fingerprint density at radius 2 is 1.95 bits per heavy atom. The molecule has 20 heavy (non-hydrogen) atoms. The van der Waals surface area contributed by atoms with Gasteiger partial charge in [-0.05, 0) is 23.4 Å². The minimum Gasteiger partial charge on any atom is -0.493 e. The topological polar surface area (TPSA) is 66.0 Å². The summed E-state index contributed by atoms with van der Waals surface area (Å²) in [4.78, 5) is 19.1. The average molecular weight is 284 g/mol. The second-order valence-electron chi connectivity index (χ2n) is 4.45. The van der Waals surface area contributed by atoms with E-state index in [1.54, 1.807) is 12.1 Å². The van der Waals surface area contributed by atoms with Crippen molar-refractivity contribution in [3.63, 3.8) is 0 Å². The number of aromatic amines is 1. The number of thiophene rings is 1. The van der Waals surface area contributed by atoms with Crippen molar-refractivity contribution >= 4 is 11.3 Å². The molecular weight excluding hydrogens is 272 g/mol.